The van der Waals surface area contributed by atoms with E-state index >= 15 is 0 Å². The SMILES string of the molecule is CSCCC(C)N(C)c1nc(Cl)nc2ccccc12. The van der Waals surface area contributed by atoms with Crippen LogP contribution in [0.1, 0.15) is 13.3 Å². The van der Waals surface area contributed by atoms with Gasteiger partial charge in [0.1, 0.15) is 5.82 Å². The Morgan fingerprint density at radius 3 is 2.79 bits per heavy atom. The summed E-state index contributed by atoms with van der Waals surface area (Å²) in [5.74, 6) is 2.05. The molecule has 0 saturated heterocycles. The van der Waals surface area contributed by atoms with Gasteiger partial charge in [-0.2, -0.15) is 16.7 Å². The lowest BCUT2D eigenvalue weighted by Gasteiger charge is -2.26. The van der Waals surface area contributed by atoms with Crippen LogP contribution in [0.25, 0.3) is 10.9 Å². The van der Waals surface area contributed by atoms with Gasteiger partial charge in [-0.1, -0.05) is 12.1 Å². The molecule has 0 radical (unpaired) electrons. The van der Waals surface area contributed by atoms with Gasteiger partial charge >= 0.3 is 0 Å². The number of fused-ring (bicyclic) bond motifs is 1. The summed E-state index contributed by atoms with van der Waals surface area (Å²) in [6.07, 6.45) is 3.25. The monoisotopic (exact) mass is 295 g/mol. The molecule has 0 saturated carbocycles. The first kappa shape index (κ1) is 14.4. The van der Waals surface area contributed by atoms with Gasteiger partial charge in [-0.15, -0.1) is 0 Å². The molecule has 0 aliphatic rings. The molecule has 2 aromatic rings. The maximum absolute atomic E-state index is 6.02. The first-order valence-corrected chi connectivity index (χ1v) is 8.04. The molecule has 1 atom stereocenters. The number of hydrogen-bond acceptors (Lipinski definition) is 4. The minimum absolute atomic E-state index is 0.303. The van der Waals surface area contributed by atoms with Crippen molar-refractivity contribution in [1.29, 1.82) is 0 Å². The third-order valence-electron chi connectivity index (χ3n) is 3.29. The smallest absolute Gasteiger partial charge is 0.224 e. The van der Waals surface area contributed by atoms with Crippen molar-refractivity contribution in [3.63, 3.8) is 0 Å². The van der Waals surface area contributed by atoms with Crippen LogP contribution in [0.3, 0.4) is 0 Å². The van der Waals surface area contributed by atoms with Crippen LogP contribution in [0.5, 0.6) is 0 Å². The summed E-state index contributed by atoms with van der Waals surface area (Å²) in [7, 11) is 2.07. The van der Waals surface area contributed by atoms with Gasteiger partial charge in [-0.25, -0.2) is 4.98 Å². The highest BCUT2D eigenvalue weighted by molar-refractivity contribution is 7.98. The molecule has 102 valence electrons. The van der Waals surface area contributed by atoms with Crippen molar-refractivity contribution in [2.75, 3.05) is 24.0 Å². The van der Waals surface area contributed by atoms with Crippen LogP contribution in [0, 0.1) is 0 Å². The standard InChI is InChI=1S/C14H18ClN3S/c1-10(8-9-19-3)18(2)13-11-6-4-5-7-12(11)16-14(15)17-13/h4-7,10H,8-9H2,1-3H3. The van der Waals surface area contributed by atoms with Gasteiger partial charge < -0.3 is 4.90 Å². The molecule has 1 aromatic heterocycles. The fourth-order valence-electron chi connectivity index (χ4n) is 1.99. The Bertz CT molecular complexity index is 561. The zero-order valence-corrected chi connectivity index (χ0v) is 13.0. The van der Waals surface area contributed by atoms with Crippen LogP contribution >= 0.6 is 23.4 Å². The van der Waals surface area contributed by atoms with E-state index < -0.39 is 0 Å². The highest BCUT2D eigenvalue weighted by atomic mass is 35.5. The maximum Gasteiger partial charge on any atom is 0.224 e. The quantitative estimate of drug-likeness (QED) is 0.783. The van der Waals surface area contributed by atoms with Crippen molar-refractivity contribution in [1.82, 2.24) is 9.97 Å². The van der Waals surface area contributed by atoms with Crippen LogP contribution in [0.4, 0.5) is 5.82 Å². The number of anilines is 1. The van der Waals surface area contributed by atoms with E-state index in [0.29, 0.717) is 11.3 Å². The third kappa shape index (κ3) is 3.31. The number of halogens is 1. The summed E-state index contributed by atoms with van der Waals surface area (Å²) in [6, 6.07) is 8.39. The molecule has 0 aliphatic carbocycles. The van der Waals surface area contributed by atoms with E-state index in [1.807, 2.05) is 36.0 Å². The normalized spacial score (nSPS) is 12.6. The zero-order valence-electron chi connectivity index (χ0n) is 11.4. The van der Waals surface area contributed by atoms with Gasteiger partial charge in [0, 0.05) is 18.5 Å². The average molecular weight is 296 g/mol. The first-order chi connectivity index (χ1) is 9.13. The molecule has 1 aromatic carbocycles. The number of benzene rings is 1. The Hall–Kier alpha value is -1.00. The predicted molar refractivity (Wildman–Crippen MR) is 85.4 cm³/mol. The number of nitrogens with zero attached hydrogens (tertiary/aromatic N) is 3. The highest BCUT2D eigenvalue weighted by Gasteiger charge is 2.15. The lowest BCUT2D eigenvalue weighted by atomic mass is 10.2. The van der Waals surface area contributed by atoms with Gasteiger partial charge in [-0.3, -0.25) is 0 Å². The number of para-hydroxylation sites is 1. The van der Waals surface area contributed by atoms with E-state index in [0.717, 1.165) is 28.9 Å². The molecule has 0 fully saturated rings. The Balaban J connectivity index is 2.38. The fourth-order valence-corrected chi connectivity index (χ4v) is 2.74. The van der Waals surface area contributed by atoms with E-state index in [-0.39, 0.29) is 0 Å². The Labute approximate surface area is 123 Å². The minimum Gasteiger partial charge on any atom is -0.356 e. The maximum atomic E-state index is 6.02. The molecule has 0 amide bonds. The van der Waals surface area contributed by atoms with Crippen LogP contribution < -0.4 is 4.90 Å². The molecule has 1 heterocycles. The zero-order chi connectivity index (χ0) is 13.8. The van der Waals surface area contributed by atoms with Crippen LogP contribution in [0.2, 0.25) is 5.28 Å². The third-order valence-corrected chi connectivity index (χ3v) is 4.10. The van der Waals surface area contributed by atoms with Crippen LogP contribution in [0.15, 0.2) is 24.3 Å². The molecule has 19 heavy (non-hydrogen) atoms. The molecule has 0 spiro atoms. The average Bonchev–Trinajstić information content (AvgIpc) is 2.42. The Kier molecular flexibility index (Phi) is 4.88. The summed E-state index contributed by atoms with van der Waals surface area (Å²) in [4.78, 5) is 10.9. The van der Waals surface area contributed by atoms with E-state index in [2.05, 4.69) is 35.1 Å². The van der Waals surface area contributed by atoms with Gasteiger partial charge in [0.15, 0.2) is 0 Å². The summed E-state index contributed by atoms with van der Waals surface area (Å²) >= 11 is 7.89. The summed E-state index contributed by atoms with van der Waals surface area (Å²) in [5.41, 5.74) is 0.890. The second kappa shape index (κ2) is 6.44. The minimum atomic E-state index is 0.303. The molecular weight excluding hydrogens is 278 g/mol. The van der Waals surface area contributed by atoms with Crippen molar-refractivity contribution < 1.29 is 0 Å². The number of rotatable bonds is 5. The van der Waals surface area contributed by atoms with Gasteiger partial charge in [0.05, 0.1) is 5.52 Å². The Morgan fingerprint density at radius 1 is 1.32 bits per heavy atom. The molecular formula is C14H18ClN3S. The van der Waals surface area contributed by atoms with Gasteiger partial charge in [0.2, 0.25) is 5.28 Å². The number of thioether (sulfide) groups is 1. The van der Waals surface area contributed by atoms with Crippen molar-refractivity contribution in [3.05, 3.63) is 29.5 Å². The van der Waals surface area contributed by atoms with E-state index in [4.69, 9.17) is 11.6 Å². The largest absolute Gasteiger partial charge is 0.356 e. The van der Waals surface area contributed by atoms with Crippen molar-refractivity contribution in [2.24, 2.45) is 0 Å². The molecule has 0 aliphatic heterocycles. The molecule has 3 nitrogen and oxygen atoms in total. The van der Waals surface area contributed by atoms with Crippen LogP contribution in [-0.2, 0) is 0 Å². The fraction of sp³-hybridized carbons (Fsp3) is 0.429. The lowest BCUT2D eigenvalue weighted by molar-refractivity contribution is 0.664. The van der Waals surface area contributed by atoms with Crippen molar-refractivity contribution in [2.45, 2.75) is 19.4 Å². The Morgan fingerprint density at radius 2 is 2.05 bits per heavy atom. The second-order valence-corrected chi connectivity index (χ2v) is 5.90. The van der Waals surface area contributed by atoms with E-state index in [1.165, 1.54) is 0 Å². The van der Waals surface area contributed by atoms with Crippen molar-refractivity contribution >= 4 is 40.1 Å². The predicted octanol–water partition coefficient (Wildman–Crippen LogP) is 3.86. The summed E-state index contributed by atoms with van der Waals surface area (Å²) < 4.78 is 0. The molecule has 0 bridgehead atoms. The molecule has 1 unspecified atom stereocenters. The molecule has 0 N–H and O–H groups in total. The van der Waals surface area contributed by atoms with Crippen LogP contribution in [-0.4, -0.2) is 35.1 Å². The van der Waals surface area contributed by atoms with Crippen molar-refractivity contribution in [3.8, 4) is 0 Å². The summed E-state index contributed by atoms with van der Waals surface area (Å²) in [6.45, 7) is 2.21. The topological polar surface area (TPSA) is 29.0 Å². The lowest BCUT2D eigenvalue weighted by Crippen LogP contribution is -2.30. The number of hydrogen-bond donors (Lipinski definition) is 0. The van der Waals surface area contributed by atoms with Gasteiger partial charge in [-0.05, 0) is 49.1 Å². The van der Waals surface area contributed by atoms with E-state index in [1.54, 1.807) is 0 Å². The molecule has 5 heteroatoms. The second-order valence-electron chi connectivity index (χ2n) is 4.57. The highest BCUT2D eigenvalue weighted by Crippen LogP contribution is 2.26. The van der Waals surface area contributed by atoms with E-state index in [9.17, 15) is 0 Å². The molecule has 2 rings (SSSR count). The summed E-state index contributed by atoms with van der Waals surface area (Å²) in [5, 5.41) is 1.35. The number of aromatic nitrogens is 2. The first-order valence-electron chi connectivity index (χ1n) is 6.27. The van der Waals surface area contributed by atoms with Gasteiger partial charge in [0.25, 0.3) is 0 Å².